The molecule has 142 valence electrons. The number of likely N-dealkylation sites (tertiary alicyclic amines) is 1. The maximum Gasteiger partial charge on any atom is 0.253 e. The van der Waals surface area contributed by atoms with Crippen LogP contribution in [0.15, 0.2) is 73.1 Å². The van der Waals surface area contributed by atoms with Crippen molar-refractivity contribution in [1.29, 1.82) is 0 Å². The summed E-state index contributed by atoms with van der Waals surface area (Å²) >= 11 is 0. The van der Waals surface area contributed by atoms with E-state index in [0.717, 1.165) is 16.7 Å². The van der Waals surface area contributed by atoms with Crippen molar-refractivity contribution in [3.8, 4) is 11.1 Å². The van der Waals surface area contributed by atoms with Crippen LogP contribution in [-0.4, -0.2) is 40.1 Å². The third-order valence-electron chi connectivity index (χ3n) is 5.21. The lowest BCUT2D eigenvalue weighted by Gasteiger charge is -2.17. The standard InChI is InChI=1S/C23H21FN2O2/c24-21-6-2-4-18(13-21)17-3-1-5-19(12-17)23(28)26-14-20(22(27)15-26)11-16-7-9-25-10-8-16/h1-10,12-13,20,22,27H,11,14-15H2/t20-,22+/m1/s1. The Morgan fingerprint density at radius 3 is 2.50 bits per heavy atom. The van der Waals surface area contributed by atoms with Crippen LogP contribution in [-0.2, 0) is 6.42 Å². The van der Waals surface area contributed by atoms with Crippen molar-refractivity contribution in [3.05, 3.63) is 90.0 Å². The van der Waals surface area contributed by atoms with E-state index in [1.807, 2.05) is 24.3 Å². The highest BCUT2D eigenvalue weighted by molar-refractivity contribution is 5.95. The molecule has 0 unspecified atom stereocenters. The number of carbonyl (C=O) groups is 1. The molecule has 3 aromatic rings. The molecule has 0 radical (unpaired) electrons. The second kappa shape index (κ2) is 7.90. The molecule has 0 bridgehead atoms. The lowest BCUT2D eigenvalue weighted by Crippen LogP contribution is -2.29. The van der Waals surface area contributed by atoms with Crippen LogP contribution in [0.3, 0.4) is 0 Å². The largest absolute Gasteiger partial charge is 0.391 e. The topological polar surface area (TPSA) is 53.4 Å². The summed E-state index contributed by atoms with van der Waals surface area (Å²) < 4.78 is 13.5. The van der Waals surface area contributed by atoms with Gasteiger partial charge in [0.25, 0.3) is 5.91 Å². The minimum absolute atomic E-state index is 0.00208. The summed E-state index contributed by atoms with van der Waals surface area (Å²) in [5.41, 5.74) is 3.16. The van der Waals surface area contributed by atoms with Crippen molar-refractivity contribution < 1.29 is 14.3 Å². The molecule has 1 aliphatic rings. The van der Waals surface area contributed by atoms with E-state index in [2.05, 4.69) is 4.98 Å². The van der Waals surface area contributed by atoms with E-state index < -0.39 is 6.10 Å². The minimum atomic E-state index is -0.552. The Bertz CT molecular complexity index is 977. The summed E-state index contributed by atoms with van der Waals surface area (Å²) in [6, 6.07) is 17.4. The van der Waals surface area contributed by atoms with E-state index in [-0.39, 0.29) is 17.6 Å². The number of benzene rings is 2. The predicted molar refractivity (Wildman–Crippen MR) is 105 cm³/mol. The molecule has 0 aliphatic carbocycles. The van der Waals surface area contributed by atoms with Gasteiger partial charge in [0.05, 0.1) is 6.10 Å². The number of aliphatic hydroxyl groups is 1. The van der Waals surface area contributed by atoms with Crippen LogP contribution in [0.2, 0.25) is 0 Å². The first-order chi connectivity index (χ1) is 13.6. The van der Waals surface area contributed by atoms with E-state index in [1.165, 1.54) is 12.1 Å². The number of rotatable bonds is 4. The predicted octanol–water partition coefficient (Wildman–Crippen LogP) is 3.56. The number of halogens is 1. The molecule has 2 heterocycles. The van der Waals surface area contributed by atoms with Gasteiger partial charge in [-0.25, -0.2) is 4.39 Å². The van der Waals surface area contributed by atoms with E-state index in [1.54, 1.807) is 41.6 Å². The summed E-state index contributed by atoms with van der Waals surface area (Å²) in [7, 11) is 0. The SMILES string of the molecule is O=C(c1cccc(-c2cccc(F)c2)c1)N1C[C@@H](Cc2ccncc2)[C@@H](O)C1. The molecule has 2 atom stereocenters. The van der Waals surface area contributed by atoms with Gasteiger partial charge in [-0.1, -0.05) is 24.3 Å². The highest BCUT2D eigenvalue weighted by Gasteiger charge is 2.34. The highest BCUT2D eigenvalue weighted by atomic mass is 19.1. The number of nitrogens with zero attached hydrogens (tertiary/aromatic N) is 2. The number of hydrogen-bond donors (Lipinski definition) is 1. The normalized spacial score (nSPS) is 19.0. The van der Waals surface area contributed by atoms with E-state index in [0.29, 0.717) is 25.1 Å². The van der Waals surface area contributed by atoms with E-state index in [4.69, 9.17) is 0 Å². The average Bonchev–Trinajstić information content (AvgIpc) is 3.08. The third-order valence-corrected chi connectivity index (χ3v) is 5.21. The maximum atomic E-state index is 13.5. The number of carbonyl (C=O) groups excluding carboxylic acids is 1. The van der Waals surface area contributed by atoms with Crippen LogP contribution in [0.1, 0.15) is 15.9 Å². The Kier molecular flexibility index (Phi) is 5.17. The molecule has 1 fully saturated rings. The molecular formula is C23H21FN2O2. The zero-order valence-corrected chi connectivity index (χ0v) is 15.3. The summed E-state index contributed by atoms with van der Waals surface area (Å²) in [4.78, 5) is 18.7. The molecule has 4 nitrogen and oxygen atoms in total. The quantitative estimate of drug-likeness (QED) is 0.757. The molecule has 2 aromatic carbocycles. The molecule has 1 amide bonds. The van der Waals surface area contributed by atoms with Crippen molar-refractivity contribution in [3.63, 3.8) is 0 Å². The van der Waals surface area contributed by atoms with Crippen molar-refractivity contribution >= 4 is 5.91 Å². The fourth-order valence-corrected chi connectivity index (χ4v) is 3.72. The smallest absolute Gasteiger partial charge is 0.253 e. The van der Waals surface area contributed by atoms with Crippen LogP contribution in [0.4, 0.5) is 4.39 Å². The second-order valence-electron chi connectivity index (χ2n) is 7.19. The zero-order valence-electron chi connectivity index (χ0n) is 15.3. The fourth-order valence-electron chi connectivity index (χ4n) is 3.72. The first kappa shape index (κ1) is 18.3. The number of β-amino-alcohol motifs (C(OH)–C–C–N with tert-alkyl or cyclic N) is 1. The van der Waals surface area contributed by atoms with Gasteiger partial charge in [0, 0.05) is 37.0 Å². The third kappa shape index (κ3) is 3.94. The number of amides is 1. The van der Waals surface area contributed by atoms with Crippen LogP contribution >= 0.6 is 0 Å². The molecule has 1 saturated heterocycles. The van der Waals surface area contributed by atoms with Crippen LogP contribution in [0.25, 0.3) is 11.1 Å². The molecule has 4 rings (SSSR count). The van der Waals surface area contributed by atoms with Gasteiger partial charge in [-0.3, -0.25) is 9.78 Å². The molecule has 1 aliphatic heterocycles. The van der Waals surface area contributed by atoms with Crippen molar-refractivity contribution in [2.45, 2.75) is 12.5 Å². The van der Waals surface area contributed by atoms with Crippen LogP contribution in [0.5, 0.6) is 0 Å². The van der Waals surface area contributed by atoms with E-state index in [9.17, 15) is 14.3 Å². The van der Waals surface area contributed by atoms with Gasteiger partial charge in [-0.15, -0.1) is 0 Å². The Hall–Kier alpha value is -3.05. The van der Waals surface area contributed by atoms with Crippen molar-refractivity contribution in [2.24, 2.45) is 5.92 Å². The molecule has 1 N–H and O–H groups in total. The van der Waals surface area contributed by atoms with Gasteiger partial charge in [0.2, 0.25) is 0 Å². The molecule has 5 heteroatoms. The van der Waals surface area contributed by atoms with E-state index >= 15 is 0 Å². The Labute approximate surface area is 163 Å². The Morgan fingerprint density at radius 2 is 1.75 bits per heavy atom. The Morgan fingerprint density at radius 1 is 1.04 bits per heavy atom. The van der Waals surface area contributed by atoms with Gasteiger partial charge in [-0.2, -0.15) is 0 Å². The summed E-state index contributed by atoms with van der Waals surface area (Å²) in [5.74, 6) is -0.428. The van der Waals surface area contributed by atoms with Crippen molar-refractivity contribution in [1.82, 2.24) is 9.88 Å². The van der Waals surface area contributed by atoms with Gasteiger partial charge in [-0.05, 0) is 59.5 Å². The van der Waals surface area contributed by atoms with Gasteiger partial charge < -0.3 is 10.0 Å². The highest BCUT2D eigenvalue weighted by Crippen LogP contribution is 2.25. The number of aromatic nitrogens is 1. The molecule has 1 aromatic heterocycles. The monoisotopic (exact) mass is 376 g/mol. The van der Waals surface area contributed by atoms with Gasteiger partial charge >= 0.3 is 0 Å². The lowest BCUT2D eigenvalue weighted by molar-refractivity contribution is 0.0764. The lowest BCUT2D eigenvalue weighted by atomic mass is 9.97. The number of hydrogen-bond acceptors (Lipinski definition) is 3. The zero-order chi connectivity index (χ0) is 19.5. The fraction of sp³-hybridized carbons (Fsp3) is 0.217. The number of aliphatic hydroxyl groups excluding tert-OH is 1. The van der Waals surface area contributed by atoms with Gasteiger partial charge in [0.1, 0.15) is 5.82 Å². The van der Waals surface area contributed by atoms with Gasteiger partial charge in [0.15, 0.2) is 0 Å². The number of pyridine rings is 1. The van der Waals surface area contributed by atoms with Crippen LogP contribution < -0.4 is 0 Å². The molecule has 0 saturated carbocycles. The van der Waals surface area contributed by atoms with Crippen LogP contribution in [0, 0.1) is 11.7 Å². The maximum absolute atomic E-state index is 13.5. The first-order valence-electron chi connectivity index (χ1n) is 9.32. The first-order valence-corrected chi connectivity index (χ1v) is 9.32. The summed E-state index contributed by atoms with van der Waals surface area (Å²) in [6.07, 6.45) is 3.62. The molecule has 0 spiro atoms. The van der Waals surface area contributed by atoms with Crippen molar-refractivity contribution in [2.75, 3.05) is 13.1 Å². The summed E-state index contributed by atoms with van der Waals surface area (Å²) in [6.45, 7) is 0.825. The average molecular weight is 376 g/mol. The second-order valence-corrected chi connectivity index (χ2v) is 7.19. The minimum Gasteiger partial charge on any atom is -0.391 e. The molecule has 28 heavy (non-hydrogen) atoms. The summed E-state index contributed by atoms with van der Waals surface area (Å²) in [5, 5.41) is 10.4. The Balaban J connectivity index is 1.50. The molecular weight excluding hydrogens is 355 g/mol.